The van der Waals surface area contributed by atoms with Crippen LogP contribution in [0, 0.1) is 0 Å². The molecule has 0 saturated heterocycles. The highest BCUT2D eigenvalue weighted by molar-refractivity contribution is 5.12. The van der Waals surface area contributed by atoms with E-state index in [2.05, 4.69) is 26.8 Å². The Morgan fingerprint density at radius 2 is 0.444 bits per heavy atom. The summed E-state index contributed by atoms with van der Waals surface area (Å²) in [6.45, 7) is 6.83. The standard InChI is InChI=1S/C52H100N2/c1-4-7-9-11-13-15-17-19-21-23-25-27-29-31-33-35-37-39-41-43-45-47-50-49-51(54-52(6-3)53-50)48-46-44-42-40-38-36-34-32-30-28-26-24-22-20-18-16-14-12-10-8-5-2/h49H,4-48H2,1-3H3. The fourth-order valence-electron chi connectivity index (χ4n) is 8.50. The summed E-state index contributed by atoms with van der Waals surface area (Å²) in [6.07, 6.45) is 63.9. The number of aromatic nitrogens is 2. The van der Waals surface area contributed by atoms with E-state index in [0.29, 0.717) is 0 Å². The Bertz CT molecular complexity index is 785. The average molecular weight is 753 g/mol. The first-order chi connectivity index (χ1) is 26.8. The summed E-state index contributed by atoms with van der Waals surface area (Å²) in [7, 11) is 0. The second-order valence-corrected chi connectivity index (χ2v) is 17.8. The minimum absolute atomic E-state index is 0.958. The summed E-state index contributed by atoms with van der Waals surface area (Å²) in [6, 6.07) is 2.34. The Morgan fingerprint density at radius 3 is 0.630 bits per heavy atom. The van der Waals surface area contributed by atoms with Crippen LogP contribution in [-0.4, -0.2) is 9.97 Å². The van der Waals surface area contributed by atoms with Crippen LogP contribution in [0.3, 0.4) is 0 Å². The molecule has 0 unspecified atom stereocenters. The molecule has 0 bridgehead atoms. The zero-order valence-corrected chi connectivity index (χ0v) is 37.8. The maximum absolute atomic E-state index is 4.90. The van der Waals surface area contributed by atoms with Gasteiger partial charge in [-0.25, -0.2) is 9.97 Å². The lowest BCUT2D eigenvalue weighted by molar-refractivity contribution is 0.520. The number of nitrogens with zero attached hydrogens (tertiary/aromatic N) is 2. The summed E-state index contributed by atoms with van der Waals surface area (Å²) in [5, 5.41) is 0. The molecule has 1 aromatic rings. The largest absolute Gasteiger partial charge is 0.238 e. The number of rotatable bonds is 45. The van der Waals surface area contributed by atoms with E-state index in [9.17, 15) is 0 Å². The molecule has 0 atom stereocenters. The van der Waals surface area contributed by atoms with Crippen molar-refractivity contribution in [1.29, 1.82) is 0 Å². The van der Waals surface area contributed by atoms with Crippen molar-refractivity contribution in [2.24, 2.45) is 0 Å². The number of hydrogen-bond donors (Lipinski definition) is 0. The first-order valence-corrected chi connectivity index (χ1v) is 25.7. The van der Waals surface area contributed by atoms with E-state index in [0.717, 1.165) is 25.1 Å². The molecule has 2 heteroatoms. The van der Waals surface area contributed by atoms with Crippen molar-refractivity contribution >= 4 is 0 Å². The lowest BCUT2D eigenvalue weighted by Gasteiger charge is -2.08. The van der Waals surface area contributed by atoms with Crippen LogP contribution >= 0.6 is 0 Å². The van der Waals surface area contributed by atoms with Crippen LogP contribution in [0.5, 0.6) is 0 Å². The summed E-state index contributed by atoms with van der Waals surface area (Å²) >= 11 is 0. The average Bonchev–Trinajstić information content (AvgIpc) is 3.19. The van der Waals surface area contributed by atoms with E-state index in [1.54, 1.807) is 0 Å². The van der Waals surface area contributed by atoms with Crippen molar-refractivity contribution in [1.82, 2.24) is 9.97 Å². The Morgan fingerprint density at radius 1 is 0.259 bits per heavy atom. The van der Waals surface area contributed by atoms with Gasteiger partial charge >= 0.3 is 0 Å². The van der Waals surface area contributed by atoms with E-state index in [4.69, 9.17) is 9.97 Å². The van der Waals surface area contributed by atoms with Gasteiger partial charge in [0.05, 0.1) is 0 Å². The number of unbranched alkanes of at least 4 members (excludes halogenated alkanes) is 40. The maximum Gasteiger partial charge on any atom is 0.128 e. The third kappa shape index (κ3) is 36.7. The van der Waals surface area contributed by atoms with Gasteiger partial charge in [0.1, 0.15) is 5.82 Å². The quantitative estimate of drug-likeness (QED) is 0.0620. The first-order valence-electron chi connectivity index (χ1n) is 25.7. The van der Waals surface area contributed by atoms with E-state index >= 15 is 0 Å². The van der Waals surface area contributed by atoms with Crippen molar-refractivity contribution in [3.8, 4) is 0 Å². The first kappa shape index (κ1) is 51.1. The summed E-state index contributed by atoms with van der Waals surface area (Å²) in [4.78, 5) is 9.80. The Hall–Kier alpha value is -0.920. The molecule has 1 heterocycles. The molecule has 2 nitrogen and oxygen atoms in total. The van der Waals surface area contributed by atoms with Gasteiger partial charge in [-0.3, -0.25) is 0 Å². The number of aryl methyl sites for hydroxylation is 3. The highest BCUT2D eigenvalue weighted by Gasteiger charge is 2.05. The monoisotopic (exact) mass is 753 g/mol. The molecule has 0 aliphatic heterocycles. The van der Waals surface area contributed by atoms with Gasteiger partial charge in [0.2, 0.25) is 0 Å². The highest BCUT2D eigenvalue weighted by atomic mass is 14.9. The van der Waals surface area contributed by atoms with Crippen LogP contribution in [0.15, 0.2) is 6.07 Å². The van der Waals surface area contributed by atoms with Gasteiger partial charge in [0, 0.05) is 17.8 Å². The molecule has 0 radical (unpaired) electrons. The summed E-state index contributed by atoms with van der Waals surface area (Å²) < 4.78 is 0. The number of hydrogen-bond acceptors (Lipinski definition) is 2. The molecule has 1 rings (SSSR count). The molecular weight excluding hydrogens is 653 g/mol. The smallest absolute Gasteiger partial charge is 0.128 e. The Balaban J connectivity index is 1.89. The molecule has 1 aromatic heterocycles. The van der Waals surface area contributed by atoms with E-state index in [1.165, 1.54) is 281 Å². The second-order valence-electron chi connectivity index (χ2n) is 17.8. The van der Waals surface area contributed by atoms with Crippen LogP contribution in [0.2, 0.25) is 0 Å². The van der Waals surface area contributed by atoms with Gasteiger partial charge in [-0.05, 0) is 31.7 Å². The molecule has 0 saturated carbocycles. The van der Waals surface area contributed by atoms with Gasteiger partial charge in [-0.2, -0.15) is 0 Å². The van der Waals surface area contributed by atoms with E-state index in [-0.39, 0.29) is 0 Å². The molecule has 0 aromatic carbocycles. The maximum atomic E-state index is 4.90. The van der Waals surface area contributed by atoms with Crippen molar-refractivity contribution in [2.75, 3.05) is 0 Å². The SMILES string of the molecule is CCCCCCCCCCCCCCCCCCCCCCCc1cc(CCCCCCCCCCCCCCCCCCCCCCC)nc(CC)n1. The van der Waals surface area contributed by atoms with Crippen LogP contribution in [0.4, 0.5) is 0 Å². The lowest BCUT2D eigenvalue weighted by Crippen LogP contribution is -2.03. The zero-order valence-electron chi connectivity index (χ0n) is 37.8. The molecule has 0 amide bonds. The predicted octanol–water partition coefficient (Wildman–Crippen LogP) is 18.5. The summed E-state index contributed by atoms with van der Waals surface area (Å²) in [5.74, 6) is 1.06. The lowest BCUT2D eigenvalue weighted by atomic mass is 10.0. The second kappa shape index (κ2) is 43.2. The van der Waals surface area contributed by atoms with Crippen molar-refractivity contribution in [3.63, 3.8) is 0 Å². The molecule has 0 spiro atoms. The van der Waals surface area contributed by atoms with Crippen molar-refractivity contribution in [3.05, 3.63) is 23.3 Å². The van der Waals surface area contributed by atoms with Gasteiger partial charge in [-0.1, -0.05) is 278 Å². The molecule has 318 valence electrons. The van der Waals surface area contributed by atoms with Gasteiger partial charge in [0.15, 0.2) is 0 Å². The predicted molar refractivity (Wildman–Crippen MR) is 244 cm³/mol. The van der Waals surface area contributed by atoms with Gasteiger partial charge in [-0.15, -0.1) is 0 Å². The van der Waals surface area contributed by atoms with Crippen LogP contribution < -0.4 is 0 Å². The Kier molecular flexibility index (Phi) is 40.9. The van der Waals surface area contributed by atoms with Crippen LogP contribution in [0.1, 0.15) is 308 Å². The fourth-order valence-corrected chi connectivity index (χ4v) is 8.50. The molecule has 0 N–H and O–H groups in total. The topological polar surface area (TPSA) is 25.8 Å². The fraction of sp³-hybridized carbons (Fsp3) is 0.923. The van der Waals surface area contributed by atoms with Crippen LogP contribution in [0.25, 0.3) is 0 Å². The van der Waals surface area contributed by atoms with Gasteiger partial charge in [0.25, 0.3) is 0 Å². The normalized spacial score (nSPS) is 11.6. The third-order valence-corrected chi connectivity index (χ3v) is 12.3. The minimum Gasteiger partial charge on any atom is -0.238 e. The molecular formula is C52H100N2. The molecule has 54 heavy (non-hydrogen) atoms. The highest BCUT2D eigenvalue weighted by Crippen LogP contribution is 2.18. The minimum atomic E-state index is 0.958. The van der Waals surface area contributed by atoms with E-state index < -0.39 is 0 Å². The Labute approximate surface area is 341 Å². The molecule has 0 fully saturated rings. The summed E-state index contributed by atoms with van der Waals surface area (Å²) in [5.41, 5.74) is 2.61. The molecule has 0 aliphatic carbocycles. The van der Waals surface area contributed by atoms with Gasteiger partial charge < -0.3 is 0 Å². The third-order valence-electron chi connectivity index (χ3n) is 12.3. The molecule has 0 aliphatic rings. The van der Waals surface area contributed by atoms with Crippen LogP contribution in [-0.2, 0) is 19.3 Å². The van der Waals surface area contributed by atoms with Crippen molar-refractivity contribution < 1.29 is 0 Å². The zero-order chi connectivity index (χ0) is 38.7. The van der Waals surface area contributed by atoms with Crippen molar-refractivity contribution in [2.45, 2.75) is 310 Å². The van der Waals surface area contributed by atoms with E-state index in [1.807, 2.05) is 0 Å².